The molecule has 0 aliphatic rings. The van der Waals surface area contributed by atoms with Gasteiger partial charge < -0.3 is 9.47 Å². The molecule has 0 unspecified atom stereocenters. The number of methoxy groups -OCH3 is 1. The summed E-state index contributed by atoms with van der Waals surface area (Å²) in [6.07, 6.45) is 0.937. The zero-order chi connectivity index (χ0) is 20.7. The van der Waals surface area contributed by atoms with Crippen LogP contribution in [0, 0.1) is 12.8 Å². The fraction of sp³-hybridized carbons (Fsp3) is 0.350. The van der Waals surface area contributed by atoms with E-state index in [9.17, 15) is 13.2 Å². The highest BCUT2D eigenvalue weighted by Gasteiger charge is 2.20. The standard InChI is InChI=1S/C20H26N2O5S/c1-14(2)11-12-27-17-8-6-16(7-9-17)20(23)21-22-28(24,25)19-13-15(3)5-10-18(19)26-4/h5-10,13-14,22H,11-12H2,1-4H3,(H,21,23). The maximum Gasteiger partial charge on any atom is 0.266 e. The number of rotatable bonds is 9. The molecule has 28 heavy (non-hydrogen) atoms. The van der Waals surface area contributed by atoms with Crippen LogP contribution < -0.4 is 19.7 Å². The molecule has 2 aromatic carbocycles. The lowest BCUT2D eigenvalue weighted by molar-refractivity contribution is 0.0945. The third-order valence-electron chi connectivity index (χ3n) is 3.99. The fourth-order valence-corrected chi connectivity index (χ4v) is 3.44. The van der Waals surface area contributed by atoms with E-state index in [1.165, 1.54) is 13.2 Å². The molecule has 2 N–H and O–H groups in total. The van der Waals surface area contributed by atoms with Gasteiger partial charge in [0, 0.05) is 5.56 Å². The maximum absolute atomic E-state index is 12.5. The number of benzene rings is 2. The first-order valence-corrected chi connectivity index (χ1v) is 10.4. The minimum Gasteiger partial charge on any atom is -0.495 e. The highest BCUT2D eigenvalue weighted by atomic mass is 32.2. The minimum atomic E-state index is -3.99. The molecule has 152 valence electrons. The Hall–Kier alpha value is -2.58. The van der Waals surface area contributed by atoms with E-state index < -0.39 is 15.9 Å². The smallest absolute Gasteiger partial charge is 0.266 e. The topological polar surface area (TPSA) is 93.7 Å². The zero-order valence-corrected chi connectivity index (χ0v) is 17.3. The number of nitrogens with one attached hydrogen (secondary N) is 2. The first kappa shape index (κ1) is 21.7. The molecule has 2 aromatic rings. The van der Waals surface area contributed by atoms with E-state index in [2.05, 4.69) is 24.1 Å². The van der Waals surface area contributed by atoms with Gasteiger partial charge in [0.05, 0.1) is 13.7 Å². The van der Waals surface area contributed by atoms with Crippen LogP contribution in [0.4, 0.5) is 0 Å². The van der Waals surface area contributed by atoms with Crippen LogP contribution in [-0.2, 0) is 10.0 Å². The first-order valence-electron chi connectivity index (χ1n) is 8.92. The van der Waals surface area contributed by atoms with E-state index in [-0.39, 0.29) is 10.6 Å². The molecule has 0 saturated carbocycles. The molecule has 8 heteroatoms. The number of hydrogen-bond acceptors (Lipinski definition) is 5. The van der Waals surface area contributed by atoms with E-state index in [0.717, 1.165) is 12.0 Å². The van der Waals surface area contributed by atoms with Crippen LogP contribution in [0.15, 0.2) is 47.4 Å². The summed E-state index contributed by atoms with van der Waals surface area (Å²) in [5.41, 5.74) is 3.26. The average Bonchev–Trinajstić information content (AvgIpc) is 2.66. The number of ether oxygens (including phenoxy) is 2. The van der Waals surface area contributed by atoms with Crippen molar-refractivity contribution in [3.8, 4) is 11.5 Å². The Morgan fingerprint density at radius 2 is 1.79 bits per heavy atom. The summed E-state index contributed by atoms with van der Waals surface area (Å²) in [6, 6.07) is 11.3. The number of carbonyl (C=O) groups excluding carboxylic acids is 1. The summed E-state index contributed by atoms with van der Waals surface area (Å²) in [7, 11) is -2.61. The van der Waals surface area contributed by atoms with E-state index in [1.807, 2.05) is 0 Å². The van der Waals surface area contributed by atoms with Crippen LogP contribution in [0.5, 0.6) is 11.5 Å². The van der Waals surface area contributed by atoms with Crippen molar-refractivity contribution in [1.82, 2.24) is 10.3 Å². The second kappa shape index (κ2) is 9.57. The molecule has 0 atom stereocenters. The number of aryl methyl sites for hydroxylation is 1. The molecule has 0 radical (unpaired) electrons. The molecule has 0 aliphatic carbocycles. The molecule has 0 fully saturated rings. The second-order valence-corrected chi connectivity index (χ2v) is 8.42. The van der Waals surface area contributed by atoms with E-state index in [4.69, 9.17) is 9.47 Å². The molecular weight excluding hydrogens is 380 g/mol. The molecule has 0 bridgehead atoms. The summed E-state index contributed by atoms with van der Waals surface area (Å²) in [4.78, 5) is 14.3. The second-order valence-electron chi connectivity index (χ2n) is 6.77. The SMILES string of the molecule is COc1ccc(C)cc1S(=O)(=O)NNC(=O)c1ccc(OCCC(C)C)cc1. The number of amides is 1. The van der Waals surface area contributed by atoms with Gasteiger partial charge in [-0.2, -0.15) is 0 Å². The lowest BCUT2D eigenvalue weighted by atomic mass is 10.1. The van der Waals surface area contributed by atoms with Gasteiger partial charge in [-0.3, -0.25) is 10.2 Å². The van der Waals surface area contributed by atoms with Gasteiger partial charge in [-0.1, -0.05) is 19.9 Å². The van der Waals surface area contributed by atoms with Gasteiger partial charge in [0.2, 0.25) is 0 Å². The Morgan fingerprint density at radius 1 is 1.11 bits per heavy atom. The van der Waals surface area contributed by atoms with Gasteiger partial charge in [0.25, 0.3) is 15.9 Å². The van der Waals surface area contributed by atoms with Crippen molar-refractivity contribution >= 4 is 15.9 Å². The largest absolute Gasteiger partial charge is 0.495 e. The third-order valence-corrected chi connectivity index (χ3v) is 5.26. The predicted octanol–water partition coefficient (Wildman–Crippen LogP) is 3.05. The van der Waals surface area contributed by atoms with Crippen LogP contribution >= 0.6 is 0 Å². The van der Waals surface area contributed by atoms with E-state index in [1.54, 1.807) is 43.3 Å². The van der Waals surface area contributed by atoms with Crippen molar-refractivity contribution in [1.29, 1.82) is 0 Å². The Kier molecular flexibility index (Phi) is 7.42. The predicted molar refractivity (Wildman–Crippen MR) is 107 cm³/mol. The number of carbonyl (C=O) groups is 1. The van der Waals surface area contributed by atoms with Crippen LogP contribution in [0.2, 0.25) is 0 Å². The number of hydrazine groups is 1. The average molecular weight is 407 g/mol. The van der Waals surface area contributed by atoms with Crippen LogP contribution in [0.1, 0.15) is 36.2 Å². The van der Waals surface area contributed by atoms with Gasteiger partial charge in [0.1, 0.15) is 16.4 Å². The lowest BCUT2D eigenvalue weighted by Gasteiger charge is -2.12. The fourth-order valence-electron chi connectivity index (χ4n) is 2.35. The molecule has 7 nitrogen and oxygen atoms in total. The highest BCUT2D eigenvalue weighted by Crippen LogP contribution is 2.24. The Morgan fingerprint density at radius 3 is 2.39 bits per heavy atom. The summed E-state index contributed by atoms with van der Waals surface area (Å²) in [5, 5.41) is 0. The minimum absolute atomic E-state index is 0.0517. The van der Waals surface area contributed by atoms with Crippen molar-refractivity contribution in [2.75, 3.05) is 13.7 Å². The molecule has 2 rings (SSSR count). The van der Waals surface area contributed by atoms with Gasteiger partial charge >= 0.3 is 0 Å². The molecule has 0 saturated heterocycles. The molecule has 0 spiro atoms. The van der Waals surface area contributed by atoms with Crippen LogP contribution in [0.25, 0.3) is 0 Å². The summed E-state index contributed by atoms with van der Waals surface area (Å²) >= 11 is 0. The van der Waals surface area contributed by atoms with Gasteiger partial charge in [-0.15, -0.1) is 4.83 Å². The maximum atomic E-state index is 12.5. The zero-order valence-electron chi connectivity index (χ0n) is 16.5. The van der Waals surface area contributed by atoms with Crippen molar-refractivity contribution < 1.29 is 22.7 Å². The Bertz CT molecular complexity index is 909. The molecule has 0 heterocycles. The first-order chi connectivity index (χ1) is 13.2. The van der Waals surface area contributed by atoms with Crippen molar-refractivity contribution in [2.45, 2.75) is 32.1 Å². The van der Waals surface area contributed by atoms with Crippen LogP contribution in [0.3, 0.4) is 0 Å². The Balaban J connectivity index is 2.00. The van der Waals surface area contributed by atoms with E-state index >= 15 is 0 Å². The van der Waals surface area contributed by atoms with Gasteiger partial charge in [-0.05, 0) is 61.2 Å². The van der Waals surface area contributed by atoms with Crippen molar-refractivity contribution in [3.05, 3.63) is 53.6 Å². The molecular formula is C20H26N2O5S. The van der Waals surface area contributed by atoms with E-state index in [0.29, 0.717) is 23.8 Å². The number of hydrogen-bond donors (Lipinski definition) is 2. The third kappa shape index (κ3) is 5.97. The van der Waals surface area contributed by atoms with Crippen LogP contribution in [-0.4, -0.2) is 28.0 Å². The van der Waals surface area contributed by atoms with Gasteiger partial charge in [0.15, 0.2) is 0 Å². The van der Waals surface area contributed by atoms with Gasteiger partial charge in [-0.25, -0.2) is 8.42 Å². The molecule has 0 aromatic heterocycles. The highest BCUT2D eigenvalue weighted by molar-refractivity contribution is 7.89. The Labute approximate surface area is 166 Å². The summed E-state index contributed by atoms with van der Waals surface area (Å²) < 4.78 is 35.7. The summed E-state index contributed by atoms with van der Waals surface area (Å²) in [5.74, 6) is 0.812. The molecule has 0 aliphatic heterocycles. The lowest BCUT2D eigenvalue weighted by Crippen LogP contribution is -2.41. The summed E-state index contributed by atoms with van der Waals surface area (Å²) in [6.45, 7) is 6.59. The molecule has 1 amide bonds. The normalized spacial score (nSPS) is 11.3. The monoisotopic (exact) mass is 406 g/mol. The van der Waals surface area contributed by atoms with Crippen molar-refractivity contribution in [3.63, 3.8) is 0 Å². The number of sulfonamides is 1. The van der Waals surface area contributed by atoms with Crippen molar-refractivity contribution in [2.24, 2.45) is 5.92 Å². The quantitative estimate of drug-likeness (QED) is 0.624.